The maximum atomic E-state index is 12.4. The van der Waals surface area contributed by atoms with E-state index in [1.165, 1.54) is 0 Å². The van der Waals surface area contributed by atoms with Gasteiger partial charge in [-0.25, -0.2) is 0 Å². The third-order valence-electron chi connectivity index (χ3n) is 4.69. The van der Waals surface area contributed by atoms with Crippen LogP contribution in [0.2, 0.25) is 0 Å². The van der Waals surface area contributed by atoms with Gasteiger partial charge in [-0.1, -0.05) is 18.2 Å². The average Bonchev–Trinajstić information content (AvgIpc) is 2.68. The number of nitrogens with zero attached hydrogens (tertiary/aromatic N) is 4. The number of hydrogen-bond donors (Lipinski definition) is 0. The van der Waals surface area contributed by atoms with Crippen molar-refractivity contribution < 1.29 is 9.53 Å². The van der Waals surface area contributed by atoms with Gasteiger partial charge in [0.2, 0.25) is 5.91 Å². The molecule has 1 unspecified atom stereocenters. The van der Waals surface area contributed by atoms with Gasteiger partial charge in [0.15, 0.2) is 0 Å². The van der Waals surface area contributed by atoms with Crippen molar-refractivity contribution in [2.45, 2.75) is 13.8 Å². The molecule has 142 valence electrons. The molecule has 0 spiro atoms. The molecule has 0 saturated carbocycles. The zero-order chi connectivity index (χ0) is 18.8. The van der Waals surface area contributed by atoms with E-state index in [0.717, 1.165) is 38.5 Å². The second-order valence-electron chi connectivity index (χ2n) is 6.74. The van der Waals surface area contributed by atoms with Crippen molar-refractivity contribution in [1.29, 1.82) is 5.26 Å². The molecule has 26 heavy (non-hydrogen) atoms. The van der Waals surface area contributed by atoms with E-state index in [9.17, 15) is 4.79 Å². The molecule has 1 aromatic rings. The van der Waals surface area contributed by atoms with Crippen molar-refractivity contribution in [2.75, 3.05) is 59.0 Å². The summed E-state index contributed by atoms with van der Waals surface area (Å²) < 4.78 is 5.75. The zero-order valence-corrected chi connectivity index (χ0v) is 15.9. The minimum absolute atomic E-state index is 0.121. The van der Waals surface area contributed by atoms with Gasteiger partial charge in [-0.15, -0.1) is 0 Å². The summed E-state index contributed by atoms with van der Waals surface area (Å²) in [5.41, 5.74) is 0. The van der Waals surface area contributed by atoms with E-state index in [-0.39, 0.29) is 11.8 Å². The molecule has 6 nitrogen and oxygen atoms in total. The lowest BCUT2D eigenvalue weighted by Crippen LogP contribution is -2.51. The summed E-state index contributed by atoms with van der Waals surface area (Å²) in [6.07, 6.45) is 0. The highest BCUT2D eigenvalue weighted by Crippen LogP contribution is 2.09. The van der Waals surface area contributed by atoms with Gasteiger partial charge in [-0.2, -0.15) is 5.26 Å². The monoisotopic (exact) mass is 358 g/mol. The number of carbonyl (C=O) groups excluding carboxylic acids is 1. The molecule has 0 radical (unpaired) electrons. The molecule has 1 fully saturated rings. The van der Waals surface area contributed by atoms with Crippen molar-refractivity contribution >= 4 is 5.91 Å². The maximum Gasteiger partial charge on any atom is 0.236 e. The molecular weight excluding hydrogens is 328 g/mol. The van der Waals surface area contributed by atoms with Crippen molar-refractivity contribution in [3.05, 3.63) is 30.3 Å². The van der Waals surface area contributed by atoms with Crippen molar-refractivity contribution in [3.8, 4) is 11.8 Å². The van der Waals surface area contributed by atoms with Gasteiger partial charge < -0.3 is 9.64 Å². The van der Waals surface area contributed by atoms with Crippen molar-refractivity contribution in [2.24, 2.45) is 5.92 Å². The Labute approximate surface area is 156 Å². The van der Waals surface area contributed by atoms with Crippen LogP contribution >= 0.6 is 0 Å². The quantitative estimate of drug-likeness (QED) is 0.672. The summed E-state index contributed by atoms with van der Waals surface area (Å²) in [6, 6.07) is 12.1. The number of rotatable bonds is 9. The van der Waals surface area contributed by atoms with Gasteiger partial charge in [0.25, 0.3) is 0 Å². The van der Waals surface area contributed by atoms with Crippen LogP contribution in [0.3, 0.4) is 0 Å². The third-order valence-corrected chi connectivity index (χ3v) is 4.69. The number of benzene rings is 1. The Balaban J connectivity index is 1.66. The summed E-state index contributed by atoms with van der Waals surface area (Å²) in [5, 5.41) is 8.94. The van der Waals surface area contributed by atoms with Crippen LogP contribution in [-0.4, -0.2) is 79.6 Å². The van der Waals surface area contributed by atoms with E-state index in [1.54, 1.807) is 4.90 Å². The highest BCUT2D eigenvalue weighted by atomic mass is 16.5. The first-order chi connectivity index (χ1) is 12.6. The maximum absolute atomic E-state index is 12.4. The van der Waals surface area contributed by atoms with Gasteiger partial charge in [-0.05, 0) is 26.0 Å². The molecular formula is C20H30N4O2. The molecule has 1 aliphatic rings. The second kappa shape index (κ2) is 10.8. The molecule has 1 saturated heterocycles. The van der Waals surface area contributed by atoms with Crippen LogP contribution in [-0.2, 0) is 4.79 Å². The number of carbonyl (C=O) groups is 1. The van der Waals surface area contributed by atoms with Crippen LogP contribution in [0.15, 0.2) is 30.3 Å². The number of hydrogen-bond acceptors (Lipinski definition) is 5. The molecule has 1 aromatic carbocycles. The molecule has 1 heterocycles. The highest BCUT2D eigenvalue weighted by Gasteiger charge is 2.22. The van der Waals surface area contributed by atoms with Crippen LogP contribution in [0.5, 0.6) is 5.75 Å². The molecule has 0 bridgehead atoms. The normalized spacial score (nSPS) is 16.7. The number of likely N-dealkylation sites (N-methyl/N-ethyl adjacent to an activating group) is 1. The minimum atomic E-state index is -0.125. The van der Waals surface area contributed by atoms with Crippen LogP contribution in [0.25, 0.3) is 0 Å². The lowest BCUT2D eigenvalue weighted by molar-refractivity contribution is -0.133. The Hall–Kier alpha value is -2.10. The molecule has 6 heteroatoms. The second-order valence-corrected chi connectivity index (χ2v) is 6.74. The molecule has 0 N–H and O–H groups in total. The molecule has 1 atom stereocenters. The highest BCUT2D eigenvalue weighted by molar-refractivity contribution is 5.78. The fourth-order valence-electron chi connectivity index (χ4n) is 3.05. The van der Waals surface area contributed by atoms with Gasteiger partial charge >= 0.3 is 0 Å². The number of piperazine rings is 1. The predicted molar refractivity (Wildman–Crippen MR) is 102 cm³/mol. The van der Waals surface area contributed by atoms with Gasteiger partial charge in [0.1, 0.15) is 12.4 Å². The van der Waals surface area contributed by atoms with Crippen molar-refractivity contribution in [1.82, 2.24) is 14.7 Å². The number of para-hydroxylation sites is 1. The molecule has 1 aliphatic heterocycles. The summed E-state index contributed by atoms with van der Waals surface area (Å²) in [7, 11) is 0. The van der Waals surface area contributed by atoms with Gasteiger partial charge in [0.05, 0.1) is 18.5 Å². The Morgan fingerprint density at radius 1 is 1.23 bits per heavy atom. The van der Waals surface area contributed by atoms with Crippen molar-refractivity contribution in [3.63, 3.8) is 0 Å². The van der Waals surface area contributed by atoms with Crippen LogP contribution < -0.4 is 4.74 Å². The summed E-state index contributed by atoms with van der Waals surface area (Å²) in [6.45, 7) is 10.7. The fraction of sp³-hybridized carbons (Fsp3) is 0.600. The summed E-state index contributed by atoms with van der Waals surface area (Å²) in [5.74, 6) is 0.902. The van der Waals surface area contributed by atoms with E-state index in [1.807, 2.05) is 44.2 Å². The van der Waals surface area contributed by atoms with Crippen LogP contribution in [0.1, 0.15) is 13.8 Å². The van der Waals surface area contributed by atoms with E-state index in [2.05, 4.69) is 15.9 Å². The van der Waals surface area contributed by atoms with Crippen LogP contribution in [0.4, 0.5) is 0 Å². The predicted octanol–water partition coefficient (Wildman–Crippen LogP) is 1.69. The van der Waals surface area contributed by atoms with Gasteiger partial charge in [0, 0.05) is 45.8 Å². The average molecular weight is 358 g/mol. The molecule has 1 amide bonds. The minimum Gasteiger partial charge on any atom is -0.492 e. The van der Waals surface area contributed by atoms with E-state index < -0.39 is 0 Å². The largest absolute Gasteiger partial charge is 0.492 e. The zero-order valence-electron chi connectivity index (χ0n) is 15.9. The summed E-state index contributed by atoms with van der Waals surface area (Å²) in [4.78, 5) is 18.8. The van der Waals surface area contributed by atoms with E-state index in [4.69, 9.17) is 10.00 Å². The Morgan fingerprint density at radius 2 is 1.88 bits per heavy atom. The first-order valence-corrected chi connectivity index (χ1v) is 9.42. The lowest BCUT2D eigenvalue weighted by Gasteiger charge is -2.35. The number of nitriles is 1. The Bertz CT molecular complexity index is 579. The molecule has 2 rings (SSSR count). The van der Waals surface area contributed by atoms with Gasteiger partial charge in [-0.3, -0.25) is 14.6 Å². The topological polar surface area (TPSA) is 59.8 Å². The van der Waals surface area contributed by atoms with Crippen LogP contribution in [0, 0.1) is 17.2 Å². The summed E-state index contributed by atoms with van der Waals surface area (Å²) >= 11 is 0. The lowest BCUT2D eigenvalue weighted by atomic mass is 10.2. The van der Waals surface area contributed by atoms with E-state index in [0.29, 0.717) is 26.2 Å². The fourth-order valence-corrected chi connectivity index (χ4v) is 3.05. The third kappa shape index (κ3) is 6.66. The SMILES string of the molecule is CCN(CC(C)C#N)C(=O)CN1CCN(CCOc2ccccc2)CC1. The smallest absolute Gasteiger partial charge is 0.236 e. The standard InChI is InChI=1S/C20H30N4O2/c1-3-24(16-18(2)15-21)20(25)17-23-11-9-22(10-12-23)13-14-26-19-7-5-4-6-8-19/h4-8,18H,3,9-14,16-17H2,1-2H3. The number of ether oxygens (including phenoxy) is 1. The number of amides is 1. The first kappa shape index (κ1) is 20.2. The van der Waals surface area contributed by atoms with E-state index >= 15 is 0 Å². The first-order valence-electron chi connectivity index (χ1n) is 9.42. The molecule has 0 aliphatic carbocycles. The molecule has 0 aromatic heterocycles. The Morgan fingerprint density at radius 3 is 2.50 bits per heavy atom. The Kier molecular flexibility index (Phi) is 8.39.